The first-order valence-electron chi connectivity index (χ1n) is 9.66. The van der Waals surface area contributed by atoms with Gasteiger partial charge in [-0.3, -0.25) is 0 Å². The predicted octanol–water partition coefficient (Wildman–Crippen LogP) is 1.47. The molecule has 0 spiro atoms. The molecule has 32 heavy (non-hydrogen) atoms. The smallest absolute Gasteiger partial charge is 0.400 e. The number of benzene rings is 2. The van der Waals surface area contributed by atoms with Crippen LogP contribution in [0.4, 0.5) is 0 Å². The molecule has 170 valence electrons. The van der Waals surface area contributed by atoms with Crippen molar-refractivity contribution in [2.75, 3.05) is 13.7 Å². The number of carbonyl (C=O) groups excluding carboxylic acids is 2. The summed E-state index contributed by atoms with van der Waals surface area (Å²) in [5, 5.41) is 0. The fourth-order valence-corrected chi connectivity index (χ4v) is 4.29. The number of hydrogen-bond donors (Lipinski definition) is 0. The third-order valence-corrected chi connectivity index (χ3v) is 5.82. The number of carbonyl (C=O) groups is 2. The highest BCUT2D eigenvalue weighted by atomic mass is 32.3. The number of methoxy groups -OCH3 is 1. The van der Waals surface area contributed by atoms with Crippen molar-refractivity contribution in [3.63, 3.8) is 0 Å². The maximum absolute atomic E-state index is 12.8. The van der Waals surface area contributed by atoms with Crippen LogP contribution in [-0.2, 0) is 37.7 Å². The SMILES string of the molecule is CO[C@H]1O[C@@H]2COS(=O)(=O)O[C@H]2[C@H](OC(=O)c2ccccc2)[C@H]1OC(=O)c1ccccc1. The van der Waals surface area contributed by atoms with Crippen molar-refractivity contribution < 1.29 is 45.3 Å². The Labute approximate surface area is 184 Å². The highest BCUT2D eigenvalue weighted by Crippen LogP contribution is 2.33. The van der Waals surface area contributed by atoms with Crippen LogP contribution in [0.25, 0.3) is 0 Å². The van der Waals surface area contributed by atoms with Crippen LogP contribution in [0.3, 0.4) is 0 Å². The first kappa shape index (κ1) is 22.4. The van der Waals surface area contributed by atoms with Gasteiger partial charge < -0.3 is 18.9 Å². The Balaban J connectivity index is 1.66. The summed E-state index contributed by atoms with van der Waals surface area (Å²) in [6, 6.07) is 16.2. The van der Waals surface area contributed by atoms with Crippen LogP contribution in [0.1, 0.15) is 20.7 Å². The fourth-order valence-electron chi connectivity index (χ4n) is 3.42. The lowest BCUT2D eigenvalue weighted by atomic mass is 9.98. The molecule has 0 radical (unpaired) electrons. The zero-order valence-electron chi connectivity index (χ0n) is 16.9. The average molecular weight is 464 g/mol. The Hall–Kier alpha value is -2.83. The van der Waals surface area contributed by atoms with E-state index in [9.17, 15) is 18.0 Å². The summed E-state index contributed by atoms with van der Waals surface area (Å²) in [7, 11) is -3.06. The topological polar surface area (TPSA) is 124 Å². The molecule has 2 aromatic rings. The predicted molar refractivity (Wildman–Crippen MR) is 107 cm³/mol. The van der Waals surface area contributed by atoms with Crippen LogP contribution in [0.2, 0.25) is 0 Å². The summed E-state index contributed by atoms with van der Waals surface area (Å²) >= 11 is 0. The highest BCUT2D eigenvalue weighted by Gasteiger charge is 2.55. The quantitative estimate of drug-likeness (QED) is 0.601. The Kier molecular flexibility index (Phi) is 6.53. The highest BCUT2D eigenvalue weighted by molar-refractivity contribution is 7.81. The largest absolute Gasteiger partial charge is 0.452 e. The first-order valence-corrected chi connectivity index (χ1v) is 11.0. The van der Waals surface area contributed by atoms with Gasteiger partial charge in [0.05, 0.1) is 17.7 Å². The molecule has 0 saturated carbocycles. The summed E-state index contributed by atoms with van der Waals surface area (Å²) in [5.74, 6) is -1.50. The van der Waals surface area contributed by atoms with E-state index in [0.717, 1.165) is 0 Å². The lowest BCUT2D eigenvalue weighted by molar-refractivity contribution is -0.293. The van der Waals surface area contributed by atoms with E-state index in [2.05, 4.69) is 4.18 Å². The standard InChI is InChI=1S/C21H20O10S/c1-26-21-18(30-20(23)14-10-6-3-7-11-14)17(29-19(22)13-8-4-2-5-9-13)16-15(28-21)12-27-32(24,25)31-16/h2-11,15-18,21H,12H2,1H3/t15-,16-,17+,18-,21+/m1/s1. The van der Waals surface area contributed by atoms with Crippen molar-refractivity contribution in [1.29, 1.82) is 0 Å². The van der Waals surface area contributed by atoms with Gasteiger partial charge in [-0.1, -0.05) is 36.4 Å². The van der Waals surface area contributed by atoms with Crippen LogP contribution >= 0.6 is 0 Å². The van der Waals surface area contributed by atoms with Gasteiger partial charge in [-0.2, -0.15) is 8.42 Å². The van der Waals surface area contributed by atoms with Crippen LogP contribution in [0.15, 0.2) is 60.7 Å². The third-order valence-electron chi connectivity index (χ3n) is 4.93. The molecular weight excluding hydrogens is 444 g/mol. The normalized spacial score (nSPS) is 28.8. The lowest BCUT2D eigenvalue weighted by Gasteiger charge is -2.45. The molecule has 0 aliphatic carbocycles. The van der Waals surface area contributed by atoms with Gasteiger partial charge in [-0.15, -0.1) is 0 Å². The minimum atomic E-state index is -4.37. The van der Waals surface area contributed by atoms with Crippen LogP contribution in [0, 0.1) is 0 Å². The Morgan fingerprint density at radius 3 is 1.94 bits per heavy atom. The van der Waals surface area contributed by atoms with Crippen LogP contribution in [-0.4, -0.2) is 64.8 Å². The van der Waals surface area contributed by atoms with Gasteiger partial charge in [0, 0.05) is 7.11 Å². The zero-order chi connectivity index (χ0) is 22.7. The summed E-state index contributed by atoms with van der Waals surface area (Å²) in [6.45, 7) is -0.383. The molecule has 2 aliphatic heterocycles. The Morgan fingerprint density at radius 1 is 0.875 bits per heavy atom. The molecule has 0 unspecified atom stereocenters. The molecule has 5 atom stereocenters. The van der Waals surface area contributed by atoms with Crippen molar-refractivity contribution >= 4 is 22.3 Å². The summed E-state index contributed by atoms with van der Waals surface area (Å²) in [5.41, 5.74) is 0.450. The second-order valence-electron chi connectivity index (χ2n) is 7.00. The van der Waals surface area contributed by atoms with E-state index < -0.39 is 53.0 Å². The van der Waals surface area contributed by atoms with E-state index in [4.69, 9.17) is 23.1 Å². The van der Waals surface area contributed by atoms with Gasteiger partial charge in [0.1, 0.15) is 12.2 Å². The second kappa shape index (κ2) is 9.35. The van der Waals surface area contributed by atoms with Gasteiger partial charge in [-0.25, -0.2) is 18.0 Å². The number of rotatable bonds is 5. The van der Waals surface area contributed by atoms with Crippen molar-refractivity contribution in [2.45, 2.75) is 30.7 Å². The van der Waals surface area contributed by atoms with Gasteiger partial charge in [0.15, 0.2) is 18.5 Å². The van der Waals surface area contributed by atoms with E-state index in [1.165, 1.54) is 31.4 Å². The molecule has 10 nitrogen and oxygen atoms in total. The summed E-state index contributed by atoms with van der Waals surface area (Å²) in [6.07, 6.45) is -6.14. The molecule has 2 heterocycles. The Bertz CT molecular complexity index is 1060. The second-order valence-corrected chi connectivity index (χ2v) is 8.25. The molecule has 2 aromatic carbocycles. The minimum Gasteiger partial charge on any atom is -0.452 e. The maximum atomic E-state index is 12.8. The van der Waals surface area contributed by atoms with Crippen molar-refractivity contribution in [2.24, 2.45) is 0 Å². The van der Waals surface area contributed by atoms with E-state index in [-0.39, 0.29) is 17.7 Å². The van der Waals surface area contributed by atoms with Gasteiger partial charge >= 0.3 is 22.3 Å². The molecule has 2 aliphatic rings. The first-order chi connectivity index (χ1) is 15.4. The Morgan fingerprint density at radius 2 is 1.41 bits per heavy atom. The van der Waals surface area contributed by atoms with E-state index >= 15 is 0 Å². The van der Waals surface area contributed by atoms with Crippen molar-refractivity contribution in [3.8, 4) is 0 Å². The van der Waals surface area contributed by atoms with Crippen molar-refractivity contribution in [1.82, 2.24) is 0 Å². The number of hydrogen-bond acceptors (Lipinski definition) is 10. The number of fused-ring (bicyclic) bond motifs is 1. The van der Waals surface area contributed by atoms with Crippen LogP contribution < -0.4 is 0 Å². The maximum Gasteiger partial charge on any atom is 0.400 e. The molecule has 0 aromatic heterocycles. The van der Waals surface area contributed by atoms with Gasteiger partial charge in [0.25, 0.3) is 0 Å². The van der Waals surface area contributed by atoms with Crippen LogP contribution in [0.5, 0.6) is 0 Å². The van der Waals surface area contributed by atoms with E-state index in [1.54, 1.807) is 36.4 Å². The third kappa shape index (κ3) is 4.81. The van der Waals surface area contributed by atoms with Gasteiger partial charge in [0.2, 0.25) is 0 Å². The molecule has 11 heteroatoms. The van der Waals surface area contributed by atoms with E-state index in [1.807, 2.05) is 0 Å². The van der Waals surface area contributed by atoms with E-state index in [0.29, 0.717) is 0 Å². The van der Waals surface area contributed by atoms with Crippen molar-refractivity contribution in [3.05, 3.63) is 71.8 Å². The monoisotopic (exact) mass is 464 g/mol. The molecule has 4 rings (SSSR count). The fraction of sp³-hybridized carbons (Fsp3) is 0.333. The minimum absolute atomic E-state index is 0.215. The molecule has 0 bridgehead atoms. The average Bonchev–Trinajstić information content (AvgIpc) is 2.81. The number of ether oxygens (including phenoxy) is 4. The van der Waals surface area contributed by atoms with Gasteiger partial charge in [-0.05, 0) is 24.3 Å². The lowest BCUT2D eigenvalue weighted by Crippen LogP contribution is -2.64. The molecular formula is C21H20O10S. The molecule has 2 saturated heterocycles. The zero-order valence-corrected chi connectivity index (χ0v) is 17.7. The molecule has 2 fully saturated rings. The summed E-state index contributed by atoms with van der Waals surface area (Å²) < 4.78 is 55.7. The summed E-state index contributed by atoms with van der Waals surface area (Å²) in [4.78, 5) is 25.5. The number of esters is 2. The molecule has 0 amide bonds. The molecule has 0 N–H and O–H groups in total.